The Balaban J connectivity index is 1.57. The lowest BCUT2D eigenvalue weighted by Crippen LogP contribution is -2.23. The lowest BCUT2D eigenvalue weighted by molar-refractivity contribution is -0.387. The molecule has 1 heterocycles. The fourth-order valence-electron chi connectivity index (χ4n) is 3.56. The fourth-order valence-corrected chi connectivity index (χ4v) is 4.43. The number of hydrogen-bond donors (Lipinski definition) is 1. The predicted octanol–water partition coefficient (Wildman–Crippen LogP) is 5.58. The highest BCUT2D eigenvalue weighted by atomic mass is 32.2. The van der Waals surface area contributed by atoms with Crippen molar-refractivity contribution >= 4 is 29.0 Å². The minimum Gasteiger partial charge on any atom is -0.497 e. The molecule has 0 aliphatic carbocycles. The molecule has 1 amide bonds. The first kappa shape index (κ1) is 26.6. The summed E-state index contributed by atoms with van der Waals surface area (Å²) in [4.78, 5) is 23.1. The highest BCUT2D eigenvalue weighted by Gasteiger charge is 2.25. The van der Waals surface area contributed by atoms with Crippen LogP contribution in [0.4, 0.5) is 15.8 Å². The van der Waals surface area contributed by atoms with Crippen LogP contribution in [-0.4, -0.2) is 38.0 Å². The van der Waals surface area contributed by atoms with Crippen molar-refractivity contribution < 1.29 is 23.6 Å². The van der Waals surface area contributed by atoms with Crippen molar-refractivity contribution in [3.8, 4) is 17.2 Å². The Hall–Kier alpha value is -4.45. The van der Waals surface area contributed by atoms with Crippen LogP contribution in [0.2, 0.25) is 0 Å². The number of carbonyl (C=O) groups is 1. The molecule has 1 N–H and O–H groups in total. The van der Waals surface area contributed by atoms with Gasteiger partial charge in [0.05, 0.1) is 17.3 Å². The van der Waals surface area contributed by atoms with Crippen LogP contribution in [-0.2, 0) is 4.79 Å². The van der Waals surface area contributed by atoms with Crippen molar-refractivity contribution in [1.82, 2.24) is 14.8 Å². The maximum absolute atomic E-state index is 13.7. The fraction of sp³-hybridized carbons (Fsp3) is 0.192. The zero-order valence-corrected chi connectivity index (χ0v) is 21.5. The van der Waals surface area contributed by atoms with Crippen molar-refractivity contribution in [2.75, 3.05) is 12.4 Å². The zero-order chi connectivity index (χ0) is 27.2. The van der Waals surface area contributed by atoms with Crippen molar-refractivity contribution in [2.45, 2.75) is 30.4 Å². The first-order chi connectivity index (χ1) is 18.3. The molecule has 0 fully saturated rings. The van der Waals surface area contributed by atoms with Gasteiger partial charge in [-0.05, 0) is 50.2 Å². The van der Waals surface area contributed by atoms with Gasteiger partial charge < -0.3 is 14.8 Å². The van der Waals surface area contributed by atoms with Gasteiger partial charge in [0.2, 0.25) is 11.7 Å². The van der Waals surface area contributed by atoms with E-state index >= 15 is 0 Å². The van der Waals surface area contributed by atoms with Crippen LogP contribution in [0.1, 0.15) is 25.8 Å². The van der Waals surface area contributed by atoms with Crippen LogP contribution in [0.5, 0.6) is 11.5 Å². The number of methoxy groups -OCH3 is 1. The number of thioether (sulfide) groups is 1. The minimum atomic E-state index is -0.982. The Bertz CT molecular complexity index is 1450. The maximum atomic E-state index is 13.7. The van der Waals surface area contributed by atoms with Gasteiger partial charge in [0, 0.05) is 23.5 Å². The van der Waals surface area contributed by atoms with Gasteiger partial charge in [-0.1, -0.05) is 36.0 Å². The average Bonchev–Trinajstić information content (AvgIpc) is 3.33. The van der Waals surface area contributed by atoms with Crippen LogP contribution >= 0.6 is 11.8 Å². The van der Waals surface area contributed by atoms with Gasteiger partial charge in [-0.2, -0.15) is 4.39 Å². The molecule has 38 heavy (non-hydrogen) atoms. The number of ether oxygens (including phenoxy) is 2. The number of para-hydroxylation sites is 1. The molecule has 0 spiro atoms. The van der Waals surface area contributed by atoms with E-state index in [4.69, 9.17) is 9.47 Å². The lowest BCUT2D eigenvalue weighted by atomic mass is 10.2. The van der Waals surface area contributed by atoms with E-state index in [1.165, 1.54) is 6.07 Å². The van der Waals surface area contributed by atoms with Gasteiger partial charge in [0.1, 0.15) is 11.5 Å². The summed E-state index contributed by atoms with van der Waals surface area (Å²) in [5, 5.41) is 22.1. The summed E-state index contributed by atoms with van der Waals surface area (Å²) in [5.41, 5.74) is 0.167. The molecule has 196 valence electrons. The molecule has 2 atom stereocenters. The molecule has 10 nitrogen and oxygen atoms in total. The van der Waals surface area contributed by atoms with Gasteiger partial charge >= 0.3 is 5.69 Å². The van der Waals surface area contributed by atoms with E-state index in [-0.39, 0.29) is 5.69 Å². The smallest absolute Gasteiger partial charge is 0.306 e. The number of nitrogens with zero attached hydrogens (tertiary/aromatic N) is 4. The topological polar surface area (TPSA) is 121 Å². The number of rotatable bonds is 10. The van der Waals surface area contributed by atoms with Gasteiger partial charge in [0.25, 0.3) is 0 Å². The summed E-state index contributed by atoms with van der Waals surface area (Å²) < 4.78 is 26.8. The van der Waals surface area contributed by atoms with E-state index in [2.05, 4.69) is 15.5 Å². The molecule has 0 aliphatic rings. The van der Waals surface area contributed by atoms with Crippen molar-refractivity contribution in [3.05, 3.63) is 94.6 Å². The molecule has 1 aromatic heterocycles. The Morgan fingerprint density at radius 2 is 1.79 bits per heavy atom. The summed E-state index contributed by atoms with van der Waals surface area (Å²) in [6.45, 7) is 3.51. The Morgan fingerprint density at radius 1 is 1.05 bits per heavy atom. The molecule has 12 heteroatoms. The van der Waals surface area contributed by atoms with Gasteiger partial charge in [-0.3, -0.25) is 19.5 Å². The Morgan fingerprint density at radius 3 is 2.50 bits per heavy atom. The molecule has 0 saturated heterocycles. The molecule has 3 aromatic carbocycles. The quantitative estimate of drug-likeness (QED) is 0.158. The highest BCUT2D eigenvalue weighted by molar-refractivity contribution is 8.00. The number of carbonyl (C=O) groups excluding carboxylic acids is 1. The van der Waals surface area contributed by atoms with E-state index in [1.54, 1.807) is 20.1 Å². The number of anilines is 1. The summed E-state index contributed by atoms with van der Waals surface area (Å²) >= 11 is 1.15. The number of halogens is 1. The third-order valence-electron chi connectivity index (χ3n) is 5.45. The number of hydrogen-bond acceptors (Lipinski definition) is 8. The Kier molecular flexibility index (Phi) is 8.22. The normalized spacial score (nSPS) is 12.4. The molecule has 0 radical (unpaired) electrons. The third-order valence-corrected chi connectivity index (χ3v) is 6.49. The highest BCUT2D eigenvalue weighted by Crippen LogP contribution is 2.31. The maximum Gasteiger partial charge on any atom is 0.306 e. The van der Waals surface area contributed by atoms with Gasteiger partial charge in [-0.15, -0.1) is 10.2 Å². The molecule has 2 unspecified atom stereocenters. The number of nitro groups is 1. The van der Waals surface area contributed by atoms with E-state index in [1.807, 2.05) is 60.0 Å². The van der Waals surface area contributed by atoms with Crippen molar-refractivity contribution in [2.24, 2.45) is 0 Å². The molecular weight excluding hydrogens is 513 g/mol. The van der Waals surface area contributed by atoms with Crippen LogP contribution in [0.3, 0.4) is 0 Å². The molecule has 4 rings (SSSR count). The second kappa shape index (κ2) is 11.7. The first-order valence-corrected chi connectivity index (χ1v) is 12.4. The number of nitrogens with one attached hydrogen (secondary N) is 1. The predicted molar refractivity (Wildman–Crippen MR) is 140 cm³/mol. The standard InChI is InChI=1S/C26H24FN5O5S/c1-16(37-21-11-7-10-20(15-21)36-3)24-29-30-26(31(24)19-8-5-4-6-9-19)38-17(2)25(33)28-18-12-13-22(27)23(14-18)32(34)35/h4-17H,1-3H3,(H,28,33). The lowest BCUT2D eigenvalue weighted by Gasteiger charge is -2.18. The molecule has 0 bridgehead atoms. The number of nitro benzene ring substituents is 1. The third kappa shape index (κ3) is 6.09. The number of benzene rings is 3. The van der Waals surface area contributed by atoms with Crippen LogP contribution in [0.25, 0.3) is 5.69 Å². The van der Waals surface area contributed by atoms with Gasteiger partial charge in [-0.25, -0.2) is 0 Å². The Labute approximate surface area is 221 Å². The second-order valence-corrected chi connectivity index (χ2v) is 9.43. The minimum absolute atomic E-state index is 0.112. The average molecular weight is 538 g/mol. The molecule has 4 aromatic rings. The number of amides is 1. The molecule has 0 aliphatic heterocycles. The largest absolute Gasteiger partial charge is 0.497 e. The van der Waals surface area contributed by atoms with Gasteiger partial charge in [0.15, 0.2) is 17.1 Å². The van der Waals surface area contributed by atoms with Crippen LogP contribution in [0.15, 0.2) is 78.0 Å². The SMILES string of the molecule is COc1cccc(OC(C)c2nnc(SC(C)C(=O)Nc3ccc(F)c([N+](=O)[O-])c3)n2-c2ccccc2)c1. The summed E-state index contributed by atoms with van der Waals surface area (Å²) in [7, 11) is 1.58. The van der Waals surface area contributed by atoms with E-state index in [0.29, 0.717) is 22.5 Å². The van der Waals surface area contributed by atoms with Crippen LogP contribution < -0.4 is 14.8 Å². The van der Waals surface area contributed by atoms with E-state index in [9.17, 15) is 19.3 Å². The second-order valence-electron chi connectivity index (χ2n) is 8.12. The van der Waals surface area contributed by atoms with Crippen molar-refractivity contribution in [1.29, 1.82) is 0 Å². The van der Waals surface area contributed by atoms with Crippen molar-refractivity contribution in [3.63, 3.8) is 0 Å². The molecule has 0 saturated carbocycles. The zero-order valence-electron chi connectivity index (χ0n) is 20.7. The monoisotopic (exact) mass is 537 g/mol. The van der Waals surface area contributed by atoms with E-state index < -0.39 is 33.7 Å². The summed E-state index contributed by atoms with van der Waals surface area (Å²) in [6.07, 6.45) is -0.506. The summed E-state index contributed by atoms with van der Waals surface area (Å²) in [5.74, 6) is 0.338. The molecular formula is C26H24FN5O5S. The van der Waals surface area contributed by atoms with E-state index in [0.717, 1.165) is 29.6 Å². The summed E-state index contributed by atoms with van der Waals surface area (Å²) in [6, 6.07) is 19.8. The first-order valence-electron chi connectivity index (χ1n) is 11.5. The number of aromatic nitrogens is 3. The van der Waals surface area contributed by atoms with Crippen LogP contribution in [0, 0.1) is 15.9 Å².